The Labute approximate surface area is 88.9 Å². The molecule has 1 aliphatic carbocycles. The molecule has 0 atom stereocenters. The maximum atomic E-state index is 11.7. The van der Waals surface area contributed by atoms with E-state index in [0.29, 0.717) is 23.7 Å². The molecule has 1 aromatic rings. The van der Waals surface area contributed by atoms with Crippen LogP contribution in [0, 0.1) is 0 Å². The highest BCUT2D eigenvalue weighted by Gasteiger charge is 2.23. The van der Waals surface area contributed by atoms with Gasteiger partial charge in [0.15, 0.2) is 0 Å². The minimum absolute atomic E-state index is 0.0498. The normalized spacial score (nSPS) is 16.3. The number of H-pyrrole nitrogens is 1. The molecule has 4 heteroatoms. The van der Waals surface area contributed by atoms with E-state index < -0.39 is 0 Å². The molecular weight excluding hydrogens is 190 g/mol. The van der Waals surface area contributed by atoms with Crippen LogP contribution in [0.15, 0.2) is 4.79 Å². The molecule has 0 unspecified atom stereocenters. The lowest BCUT2D eigenvalue weighted by molar-refractivity contribution is 0.400. The highest BCUT2D eigenvalue weighted by atomic mass is 16.1. The van der Waals surface area contributed by atoms with Crippen molar-refractivity contribution in [3.05, 3.63) is 21.7 Å². The van der Waals surface area contributed by atoms with Gasteiger partial charge in [0.1, 0.15) is 11.6 Å². The van der Waals surface area contributed by atoms with Crippen LogP contribution >= 0.6 is 0 Å². The van der Waals surface area contributed by atoms with Crippen LogP contribution in [0.1, 0.15) is 49.9 Å². The predicted octanol–water partition coefficient (Wildman–Crippen LogP) is 1.57. The SMILES string of the molecule is CCCc1c(N)nc(C2CCC2)[nH]c1=O. The molecule has 0 bridgehead atoms. The second-order valence-electron chi connectivity index (χ2n) is 4.19. The fourth-order valence-corrected chi connectivity index (χ4v) is 1.90. The number of nitrogens with two attached hydrogens (primary N) is 1. The molecule has 0 saturated heterocycles. The number of anilines is 1. The standard InChI is InChI=1S/C11H17N3O/c1-2-4-8-9(12)13-10(14-11(8)15)7-5-3-6-7/h7H,2-6H2,1H3,(H3,12,13,14,15). The van der Waals surface area contributed by atoms with Crippen molar-refractivity contribution in [2.75, 3.05) is 5.73 Å². The van der Waals surface area contributed by atoms with Crippen LogP contribution in [0.4, 0.5) is 5.82 Å². The van der Waals surface area contributed by atoms with E-state index in [9.17, 15) is 4.79 Å². The van der Waals surface area contributed by atoms with Gasteiger partial charge in [-0.15, -0.1) is 0 Å². The molecule has 0 spiro atoms. The van der Waals surface area contributed by atoms with E-state index in [0.717, 1.165) is 25.1 Å². The molecule has 1 fully saturated rings. The van der Waals surface area contributed by atoms with E-state index in [1.165, 1.54) is 6.42 Å². The molecule has 1 aliphatic rings. The topological polar surface area (TPSA) is 71.8 Å². The summed E-state index contributed by atoms with van der Waals surface area (Å²) in [5, 5.41) is 0. The van der Waals surface area contributed by atoms with Crippen molar-refractivity contribution in [1.82, 2.24) is 9.97 Å². The minimum atomic E-state index is -0.0498. The molecule has 1 aromatic heterocycles. The largest absolute Gasteiger partial charge is 0.383 e. The van der Waals surface area contributed by atoms with E-state index >= 15 is 0 Å². The van der Waals surface area contributed by atoms with Crippen molar-refractivity contribution >= 4 is 5.82 Å². The van der Waals surface area contributed by atoms with E-state index in [2.05, 4.69) is 9.97 Å². The lowest BCUT2D eigenvalue weighted by atomic mass is 9.85. The zero-order chi connectivity index (χ0) is 10.8. The Kier molecular flexibility index (Phi) is 2.75. The number of rotatable bonds is 3. The Morgan fingerprint density at radius 2 is 2.27 bits per heavy atom. The van der Waals surface area contributed by atoms with Crippen molar-refractivity contribution in [3.8, 4) is 0 Å². The molecule has 2 rings (SSSR count). The number of nitrogen functional groups attached to an aromatic ring is 1. The number of hydrogen-bond acceptors (Lipinski definition) is 3. The van der Waals surface area contributed by atoms with Gasteiger partial charge in [0.2, 0.25) is 0 Å². The van der Waals surface area contributed by atoms with Gasteiger partial charge in [-0.2, -0.15) is 0 Å². The van der Waals surface area contributed by atoms with Gasteiger partial charge in [-0.05, 0) is 19.3 Å². The van der Waals surface area contributed by atoms with E-state index in [1.807, 2.05) is 6.92 Å². The Balaban J connectivity index is 2.33. The number of nitrogens with zero attached hydrogens (tertiary/aromatic N) is 1. The Morgan fingerprint density at radius 3 is 2.73 bits per heavy atom. The minimum Gasteiger partial charge on any atom is -0.383 e. The van der Waals surface area contributed by atoms with Crippen molar-refractivity contribution < 1.29 is 0 Å². The van der Waals surface area contributed by atoms with Crippen LogP contribution in [-0.2, 0) is 6.42 Å². The highest BCUT2D eigenvalue weighted by Crippen LogP contribution is 2.34. The number of nitrogens with one attached hydrogen (secondary N) is 1. The van der Waals surface area contributed by atoms with Crippen molar-refractivity contribution in [1.29, 1.82) is 0 Å². The lowest BCUT2D eigenvalue weighted by Gasteiger charge is -2.24. The second-order valence-corrected chi connectivity index (χ2v) is 4.19. The lowest BCUT2D eigenvalue weighted by Crippen LogP contribution is -2.23. The fraction of sp³-hybridized carbons (Fsp3) is 0.636. The van der Waals surface area contributed by atoms with Gasteiger partial charge in [0.05, 0.1) is 5.56 Å². The third-order valence-electron chi connectivity index (χ3n) is 3.06. The zero-order valence-corrected chi connectivity index (χ0v) is 9.05. The van der Waals surface area contributed by atoms with Gasteiger partial charge < -0.3 is 10.7 Å². The van der Waals surface area contributed by atoms with Crippen LogP contribution in [0.2, 0.25) is 0 Å². The van der Waals surface area contributed by atoms with Crippen molar-refractivity contribution in [3.63, 3.8) is 0 Å². The molecule has 1 heterocycles. The summed E-state index contributed by atoms with van der Waals surface area (Å²) < 4.78 is 0. The number of aromatic amines is 1. The van der Waals surface area contributed by atoms with Gasteiger partial charge in [0, 0.05) is 5.92 Å². The first kappa shape index (κ1) is 10.2. The van der Waals surface area contributed by atoms with Crippen LogP contribution in [-0.4, -0.2) is 9.97 Å². The van der Waals surface area contributed by atoms with E-state index in [4.69, 9.17) is 5.73 Å². The smallest absolute Gasteiger partial charge is 0.256 e. The van der Waals surface area contributed by atoms with Gasteiger partial charge >= 0.3 is 0 Å². The second kappa shape index (κ2) is 4.04. The van der Waals surface area contributed by atoms with Crippen molar-refractivity contribution in [2.24, 2.45) is 0 Å². The Hall–Kier alpha value is -1.32. The van der Waals surface area contributed by atoms with Crippen LogP contribution in [0.3, 0.4) is 0 Å². The quantitative estimate of drug-likeness (QED) is 0.790. The zero-order valence-electron chi connectivity index (χ0n) is 9.05. The fourth-order valence-electron chi connectivity index (χ4n) is 1.90. The molecule has 1 saturated carbocycles. The average molecular weight is 207 g/mol. The molecule has 4 nitrogen and oxygen atoms in total. The summed E-state index contributed by atoms with van der Waals surface area (Å²) in [7, 11) is 0. The number of aromatic nitrogens is 2. The van der Waals surface area contributed by atoms with Gasteiger partial charge in [-0.25, -0.2) is 4.98 Å². The summed E-state index contributed by atoms with van der Waals surface area (Å²) in [6, 6.07) is 0. The van der Waals surface area contributed by atoms with Gasteiger partial charge in [-0.3, -0.25) is 4.79 Å². The highest BCUT2D eigenvalue weighted by molar-refractivity contribution is 5.38. The Bertz CT molecular complexity index is 407. The molecular formula is C11H17N3O. The molecule has 0 radical (unpaired) electrons. The molecule has 15 heavy (non-hydrogen) atoms. The first-order valence-corrected chi connectivity index (χ1v) is 5.61. The summed E-state index contributed by atoms with van der Waals surface area (Å²) in [6.45, 7) is 2.03. The summed E-state index contributed by atoms with van der Waals surface area (Å²) in [4.78, 5) is 18.9. The Morgan fingerprint density at radius 1 is 1.53 bits per heavy atom. The first-order valence-electron chi connectivity index (χ1n) is 5.61. The summed E-state index contributed by atoms with van der Waals surface area (Å²) in [6.07, 6.45) is 5.09. The molecule has 0 amide bonds. The van der Waals surface area contributed by atoms with E-state index in [-0.39, 0.29) is 5.56 Å². The number of hydrogen-bond donors (Lipinski definition) is 2. The molecule has 3 N–H and O–H groups in total. The third kappa shape index (κ3) is 1.89. The summed E-state index contributed by atoms with van der Waals surface area (Å²) in [5.41, 5.74) is 6.38. The molecule has 82 valence electrons. The monoisotopic (exact) mass is 207 g/mol. The average Bonchev–Trinajstić information content (AvgIpc) is 2.08. The van der Waals surface area contributed by atoms with Crippen molar-refractivity contribution in [2.45, 2.75) is 44.9 Å². The van der Waals surface area contributed by atoms with Gasteiger partial charge in [-0.1, -0.05) is 19.8 Å². The summed E-state index contributed by atoms with van der Waals surface area (Å²) >= 11 is 0. The van der Waals surface area contributed by atoms with Crippen LogP contribution in [0.5, 0.6) is 0 Å². The predicted molar refractivity (Wildman–Crippen MR) is 59.9 cm³/mol. The first-order chi connectivity index (χ1) is 7.22. The molecule has 0 aliphatic heterocycles. The third-order valence-corrected chi connectivity index (χ3v) is 3.06. The maximum Gasteiger partial charge on any atom is 0.256 e. The van der Waals surface area contributed by atoms with Crippen LogP contribution < -0.4 is 11.3 Å². The molecule has 0 aromatic carbocycles. The van der Waals surface area contributed by atoms with E-state index in [1.54, 1.807) is 0 Å². The van der Waals surface area contributed by atoms with Crippen LogP contribution in [0.25, 0.3) is 0 Å². The maximum absolute atomic E-state index is 11.7. The summed E-state index contributed by atoms with van der Waals surface area (Å²) in [5.74, 6) is 1.63. The van der Waals surface area contributed by atoms with Gasteiger partial charge in [0.25, 0.3) is 5.56 Å².